The van der Waals surface area contributed by atoms with Crippen molar-refractivity contribution in [1.82, 2.24) is 15.0 Å². The minimum absolute atomic E-state index is 0.715. The highest BCUT2D eigenvalue weighted by Gasteiger charge is 2.06. The number of rotatable bonds is 5. The number of nitrogens with zero attached hydrogens (tertiary/aromatic N) is 4. The summed E-state index contributed by atoms with van der Waals surface area (Å²) in [4.78, 5) is 15.2. The van der Waals surface area contributed by atoms with Gasteiger partial charge in [-0.15, -0.1) is 11.3 Å². The van der Waals surface area contributed by atoms with Crippen LogP contribution in [0.1, 0.15) is 5.69 Å². The van der Waals surface area contributed by atoms with Gasteiger partial charge in [0.05, 0.1) is 23.8 Å². The zero-order chi connectivity index (χ0) is 15.4. The predicted molar refractivity (Wildman–Crippen MR) is 90.4 cm³/mol. The van der Waals surface area contributed by atoms with Crippen LogP contribution in [0.2, 0.25) is 5.02 Å². The Kier molecular flexibility index (Phi) is 4.65. The van der Waals surface area contributed by atoms with Gasteiger partial charge in [0, 0.05) is 36.0 Å². The van der Waals surface area contributed by atoms with Crippen molar-refractivity contribution in [3.8, 4) is 11.3 Å². The van der Waals surface area contributed by atoms with Crippen LogP contribution < -0.4 is 4.90 Å². The molecular weight excluding hydrogens is 316 g/mol. The lowest BCUT2D eigenvalue weighted by molar-refractivity contribution is 0.840. The van der Waals surface area contributed by atoms with Crippen LogP contribution in [-0.2, 0) is 6.42 Å². The summed E-state index contributed by atoms with van der Waals surface area (Å²) in [5, 5.41) is 2.73. The molecule has 6 heteroatoms. The first kappa shape index (κ1) is 14.9. The number of halogens is 1. The second-order valence-corrected chi connectivity index (χ2v) is 5.96. The third-order valence-corrected chi connectivity index (χ3v) is 4.15. The second kappa shape index (κ2) is 6.85. The molecule has 22 heavy (non-hydrogen) atoms. The predicted octanol–water partition coefficient (Wildman–Crippen LogP) is 3.73. The Labute approximate surface area is 138 Å². The number of aromatic nitrogens is 3. The van der Waals surface area contributed by atoms with Gasteiger partial charge >= 0.3 is 0 Å². The van der Waals surface area contributed by atoms with E-state index in [1.165, 1.54) is 11.3 Å². The fourth-order valence-corrected chi connectivity index (χ4v) is 2.66. The van der Waals surface area contributed by atoms with E-state index >= 15 is 0 Å². The third-order valence-electron chi connectivity index (χ3n) is 3.31. The van der Waals surface area contributed by atoms with Crippen LogP contribution in [0.15, 0.2) is 42.0 Å². The van der Waals surface area contributed by atoms with Crippen molar-refractivity contribution in [2.75, 3.05) is 18.5 Å². The normalized spacial score (nSPS) is 10.6. The van der Waals surface area contributed by atoms with Crippen LogP contribution >= 0.6 is 22.9 Å². The first-order chi connectivity index (χ1) is 10.7. The zero-order valence-corrected chi connectivity index (χ0v) is 13.6. The summed E-state index contributed by atoms with van der Waals surface area (Å²) in [5.41, 5.74) is 5.76. The second-order valence-electron chi connectivity index (χ2n) is 4.87. The fourth-order valence-electron chi connectivity index (χ4n) is 2.01. The lowest BCUT2D eigenvalue weighted by Gasteiger charge is -2.17. The van der Waals surface area contributed by atoms with Crippen molar-refractivity contribution >= 4 is 28.8 Å². The molecule has 3 aromatic rings. The molecule has 4 nitrogen and oxygen atoms in total. The molecule has 0 amide bonds. The highest BCUT2D eigenvalue weighted by Crippen LogP contribution is 2.20. The van der Waals surface area contributed by atoms with Gasteiger partial charge in [0.1, 0.15) is 5.82 Å². The summed E-state index contributed by atoms with van der Waals surface area (Å²) < 4.78 is 0. The number of benzene rings is 1. The van der Waals surface area contributed by atoms with Crippen LogP contribution in [-0.4, -0.2) is 28.5 Å². The zero-order valence-electron chi connectivity index (χ0n) is 12.0. The van der Waals surface area contributed by atoms with E-state index in [1.54, 1.807) is 12.4 Å². The summed E-state index contributed by atoms with van der Waals surface area (Å²) in [7, 11) is 2.00. The van der Waals surface area contributed by atoms with Gasteiger partial charge in [0.2, 0.25) is 0 Å². The average Bonchev–Trinajstić information content (AvgIpc) is 3.07. The van der Waals surface area contributed by atoms with Gasteiger partial charge in [-0.3, -0.25) is 4.98 Å². The van der Waals surface area contributed by atoms with Gasteiger partial charge in [0.15, 0.2) is 5.51 Å². The SMILES string of the molecule is CN(CCc1cs[c]n1)c1cnc(-c2ccc(Cl)cc2)cn1. The Bertz CT molecular complexity index is 711. The van der Waals surface area contributed by atoms with E-state index < -0.39 is 0 Å². The van der Waals surface area contributed by atoms with Gasteiger partial charge in [-0.25, -0.2) is 9.97 Å². The standard InChI is InChI=1S/C16H14ClN4S/c1-21(7-6-14-10-22-11-20-14)16-9-18-15(8-19-16)12-2-4-13(17)5-3-12/h2-5,8-10H,6-7H2,1H3. The molecular formula is C16H14ClN4S. The minimum atomic E-state index is 0.715. The van der Waals surface area contributed by atoms with Crippen LogP contribution in [0, 0.1) is 5.51 Å². The van der Waals surface area contributed by atoms with E-state index in [4.69, 9.17) is 11.6 Å². The van der Waals surface area contributed by atoms with Gasteiger partial charge in [-0.2, -0.15) is 0 Å². The topological polar surface area (TPSA) is 41.9 Å². The van der Waals surface area contributed by atoms with E-state index in [1.807, 2.05) is 36.7 Å². The van der Waals surface area contributed by atoms with Gasteiger partial charge in [0.25, 0.3) is 0 Å². The van der Waals surface area contributed by atoms with Crippen molar-refractivity contribution in [1.29, 1.82) is 0 Å². The molecule has 0 N–H and O–H groups in total. The van der Waals surface area contributed by atoms with Gasteiger partial charge in [-0.1, -0.05) is 23.7 Å². The Morgan fingerprint density at radius 1 is 1.18 bits per heavy atom. The number of hydrogen-bond acceptors (Lipinski definition) is 5. The smallest absolute Gasteiger partial charge is 0.152 e. The molecule has 2 aromatic heterocycles. The van der Waals surface area contributed by atoms with E-state index in [9.17, 15) is 0 Å². The van der Waals surface area contributed by atoms with E-state index in [0.29, 0.717) is 5.02 Å². The van der Waals surface area contributed by atoms with E-state index in [2.05, 4.69) is 25.4 Å². The molecule has 0 unspecified atom stereocenters. The maximum absolute atomic E-state index is 5.89. The summed E-state index contributed by atoms with van der Waals surface area (Å²) in [6.45, 7) is 0.840. The van der Waals surface area contributed by atoms with E-state index in [-0.39, 0.29) is 0 Å². The Morgan fingerprint density at radius 2 is 2.00 bits per heavy atom. The van der Waals surface area contributed by atoms with Crippen molar-refractivity contribution in [2.24, 2.45) is 0 Å². The molecule has 0 bridgehead atoms. The Hall–Kier alpha value is -1.98. The average molecular weight is 330 g/mol. The van der Waals surface area contributed by atoms with Gasteiger partial charge < -0.3 is 4.90 Å². The van der Waals surface area contributed by atoms with Crippen molar-refractivity contribution in [3.05, 3.63) is 58.3 Å². The molecule has 0 spiro atoms. The number of thiazole rings is 1. The molecule has 1 radical (unpaired) electrons. The molecule has 0 aliphatic carbocycles. The molecule has 0 saturated heterocycles. The maximum Gasteiger partial charge on any atom is 0.152 e. The third kappa shape index (κ3) is 3.61. The fraction of sp³-hybridized carbons (Fsp3) is 0.188. The molecule has 0 fully saturated rings. The van der Waals surface area contributed by atoms with Crippen LogP contribution in [0.25, 0.3) is 11.3 Å². The number of hydrogen-bond donors (Lipinski definition) is 0. The molecule has 111 valence electrons. The van der Waals surface area contributed by atoms with E-state index in [0.717, 1.165) is 35.7 Å². The summed E-state index contributed by atoms with van der Waals surface area (Å²) >= 11 is 7.39. The van der Waals surface area contributed by atoms with Crippen molar-refractivity contribution in [3.63, 3.8) is 0 Å². The monoisotopic (exact) mass is 329 g/mol. The molecule has 0 aliphatic rings. The summed E-state index contributed by atoms with van der Waals surface area (Å²) in [6, 6.07) is 7.58. The molecule has 0 atom stereocenters. The first-order valence-corrected chi connectivity index (χ1v) is 8.08. The van der Waals surface area contributed by atoms with Crippen molar-refractivity contribution < 1.29 is 0 Å². The Morgan fingerprint density at radius 3 is 2.64 bits per heavy atom. The lowest BCUT2D eigenvalue weighted by Crippen LogP contribution is -2.21. The molecule has 3 rings (SSSR count). The van der Waals surface area contributed by atoms with Gasteiger partial charge in [-0.05, 0) is 12.1 Å². The highest BCUT2D eigenvalue weighted by atomic mass is 35.5. The maximum atomic E-state index is 5.89. The number of likely N-dealkylation sites (N-methyl/N-ethyl adjacent to an activating group) is 1. The highest BCUT2D eigenvalue weighted by molar-refractivity contribution is 7.07. The van der Waals surface area contributed by atoms with Crippen LogP contribution in [0.3, 0.4) is 0 Å². The summed E-state index contributed by atoms with van der Waals surface area (Å²) in [6.07, 6.45) is 4.44. The lowest BCUT2D eigenvalue weighted by atomic mass is 10.2. The molecule has 1 aromatic carbocycles. The quantitative estimate of drug-likeness (QED) is 0.715. The molecule has 0 saturated carbocycles. The largest absolute Gasteiger partial charge is 0.358 e. The molecule has 0 aliphatic heterocycles. The number of anilines is 1. The summed E-state index contributed by atoms with van der Waals surface area (Å²) in [5.74, 6) is 0.844. The first-order valence-electron chi connectivity index (χ1n) is 6.82. The van der Waals surface area contributed by atoms with Crippen LogP contribution in [0.4, 0.5) is 5.82 Å². The van der Waals surface area contributed by atoms with Crippen LogP contribution in [0.5, 0.6) is 0 Å². The Balaban J connectivity index is 1.66. The molecule has 2 heterocycles. The minimum Gasteiger partial charge on any atom is -0.358 e. The van der Waals surface area contributed by atoms with Crippen molar-refractivity contribution in [2.45, 2.75) is 6.42 Å².